The number of rotatable bonds is 5. The maximum atomic E-state index is 12.9. The number of hydrogen-bond acceptors (Lipinski definition) is 5. The van der Waals surface area contributed by atoms with E-state index >= 15 is 0 Å². The zero-order chi connectivity index (χ0) is 19.8. The molecular formula is C21H23N5O2S. The molecule has 1 aromatic carbocycles. The van der Waals surface area contributed by atoms with Crippen LogP contribution in [0.15, 0.2) is 30.3 Å². The molecule has 150 valence electrons. The maximum absolute atomic E-state index is 12.9. The standard InChI is InChI=1S/C21H23N5O2S/c27-19(13-5-3-6-13)22-12-23-21-25-16-8-9-26(11-18(16)29-21)20(28)17-10-14-4-1-2-7-15(14)24-17/h1-2,4,7,10,13,24H,3,5-6,8-9,11-12H2,(H,22,27)(H,23,25). The van der Waals surface area contributed by atoms with Crippen LogP contribution in [0.5, 0.6) is 0 Å². The molecule has 0 radical (unpaired) electrons. The van der Waals surface area contributed by atoms with Gasteiger partial charge < -0.3 is 20.5 Å². The lowest BCUT2D eigenvalue weighted by Crippen LogP contribution is -2.37. The predicted octanol–water partition coefficient (Wildman–Crippen LogP) is 3.11. The van der Waals surface area contributed by atoms with Crippen molar-refractivity contribution in [1.82, 2.24) is 20.2 Å². The highest BCUT2D eigenvalue weighted by Gasteiger charge is 2.27. The molecule has 1 saturated carbocycles. The first-order valence-corrected chi connectivity index (χ1v) is 10.9. The van der Waals surface area contributed by atoms with Crippen LogP contribution in [0.3, 0.4) is 0 Å². The number of anilines is 1. The third-order valence-electron chi connectivity index (χ3n) is 5.76. The van der Waals surface area contributed by atoms with Crippen LogP contribution in [0.1, 0.15) is 40.3 Å². The van der Waals surface area contributed by atoms with E-state index in [1.54, 1.807) is 11.3 Å². The quantitative estimate of drug-likeness (QED) is 0.565. The summed E-state index contributed by atoms with van der Waals surface area (Å²) in [6, 6.07) is 9.82. The average Bonchev–Trinajstić information content (AvgIpc) is 3.29. The summed E-state index contributed by atoms with van der Waals surface area (Å²) in [5.74, 6) is 0.327. The molecule has 29 heavy (non-hydrogen) atoms. The van der Waals surface area contributed by atoms with Gasteiger partial charge in [-0.25, -0.2) is 4.98 Å². The van der Waals surface area contributed by atoms with Crippen molar-refractivity contribution in [2.24, 2.45) is 5.92 Å². The van der Waals surface area contributed by atoms with E-state index in [9.17, 15) is 9.59 Å². The van der Waals surface area contributed by atoms with E-state index in [1.807, 2.05) is 35.2 Å². The molecule has 2 aromatic heterocycles. The van der Waals surface area contributed by atoms with Crippen LogP contribution >= 0.6 is 11.3 Å². The molecule has 8 heteroatoms. The van der Waals surface area contributed by atoms with Crippen molar-refractivity contribution >= 4 is 39.2 Å². The second-order valence-corrected chi connectivity index (χ2v) is 8.74. The van der Waals surface area contributed by atoms with Crippen molar-refractivity contribution in [3.05, 3.63) is 46.6 Å². The number of nitrogens with one attached hydrogen (secondary N) is 3. The Bertz CT molecular complexity index is 1040. The molecule has 2 aliphatic rings. The van der Waals surface area contributed by atoms with Crippen molar-refractivity contribution in [3.63, 3.8) is 0 Å². The predicted molar refractivity (Wildman–Crippen MR) is 113 cm³/mol. The first-order valence-electron chi connectivity index (χ1n) is 10.0. The number of carbonyl (C=O) groups excluding carboxylic acids is 2. The lowest BCUT2D eigenvalue weighted by molar-refractivity contribution is -0.127. The van der Waals surface area contributed by atoms with Crippen LogP contribution in [0.25, 0.3) is 10.9 Å². The minimum absolute atomic E-state index is 0.0162. The molecule has 5 rings (SSSR count). The largest absolute Gasteiger partial charge is 0.351 e. The zero-order valence-electron chi connectivity index (χ0n) is 16.0. The number of fused-ring (bicyclic) bond motifs is 2. The second kappa shape index (κ2) is 7.51. The van der Waals surface area contributed by atoms with Gasteiger partial charge in [-0.3, -0.25) is 9.59 Å². The summed E-state index contributed by atoms with van der Waals surface area (Å²) < 4.78 is 0. The van der Waals surface area contributed by atoms with Crippen LogP contribution in [0, 0.1) is 5.92 Å². The minimum atomic E-state index is 0.0162. The zero-order valence-corrected chi connectivity index (χ0v) is 16.8. The SMILES string of the molecule is O=C(NCNc1nc2c(s1)CN(C(=O)c1cc3ccccc3[nH]1)CC2)C1CCC1. The Morgan fingerprint density at radius 1 is 1.28 bits per heavy atom. The topological polar surface area (TPSA) is 90.1 Å². The Labute approximate surface area is 172 Å². The van der Waals surface area contributed by atoms with E-state index in [4.69, 9.17) is 0 Å². The number of carbonyl (C=O) groups is 2. The summed E-state index contributed by atoms with van der Waals surface area (Å²) >= 11 is 1.56. The number of aromatic amines is 1. The Morgan fingerprint density at radius 3 is 2.93 bits per heavy atom. The van der Waals surface area contributed by atoms with Crippen LogP contribution < -0.4 is 10.6 Å². The van der Waals surface area contributed by atoms with Gasteiger partial charge in [0, 0.05) is 34.7 Å². The molecule has 0 spiro atoms. The fourth-order valence-corrected chi connectivity index (χ4v) is 4.84. The van der Waals surface area contributed by atoms with Gasteiger partial charge in [-0.1, -0.05) is 36.0 Å². The summed E-state index contributed by atoms with van der Waals surface area (Å²) in [5.41, 5.74) is 2.64. The number of H-pyrrole nitrogens is 1. The molecule has 1 aliphatic heterocycles. The van der Waals surface area contributed by atoms with Crippen molar-refractivity contribution in [2.45, 2.75) is 32.2 Å². The van der Waals surface area contributed by atoms with Gasteiger partial charge in [0.05, 0.1) is 18.9 Å². The molecule has 2 amide bonds. The van der Waals surface area contributed by atoms with E-state index in [1.165, 1.54) is 0 Å². The maximum Gasteiger partial charge on any atom is 0.270 e. The van der Waals surface area contributed by atoms with Crippen LogP contribution in [0.4, 0.5) is 5.13 Å². The van der Waals surface area contributed by atoms with E-state index in [2.05, 4.69) is 20.6 Å². The molecule has 3 N–H and O–H groups in total. The number of nitrogens with zero attached hydrogens (tertiary/aromatic N) is 2. The van der Waals surface area contributed by atoms with E-state index in [-0.39, 0.29) is 17.7 Å². The Balaban J connectivity index is 1.21. The smallest absolute Gasteiger partial charge is 0.270 e. The van der Waals surface area contributed by atoms with Gasteiger partial charge >= 0.3 is 0 Å². The molecule has 0 bridgehead atoms. The van der Waals surface area contributed by atoms with E-state index in [0.29, 0.717) is 25.5 Å². The number of para-hydroxylation sites is 1. The normalized spacial score (nSPS) is 16.3. The third kappa shape index (κ3) is 3.60. The van der Waals surface area contributed by atoms with Crippen molar-refractivity contribution in [3.8, 4) is 0 Å². The molecule has 1 aliphatic carbocycles. The molecular weight excluding hydrogens is 386 g/mol. The van der Waals surface area contributed by atoms with Gasteiger partial charge in [0.1, 0.15) is 5.69 Å². The monoisotopic (exact) mass is 409 g/mol. The summed E-state index contributed by atoms with van der Waals surface area (Å²) in [6.45, 7) is 1.61. The Morgan fingerprint density at radius 2 is 2.14 bits per heavy atom. The highest BCUT2D eigenvalue weighted by molar-refractivity contribution is 7.15. The summed E-state index contributed by atoms with van der Waals surface area (Å²) in [5, 5.41) is 7.96. The van der Waals surface area contributed by atoms with Gasteiger partial charge in [-0.2, -0.15) is 0 Å². The number of amides is 2. The van der Waals surface area contributed by atoms with Crippen molar-refractivity contribution in [2.75, 3.05) is 18.5 Å². The van der Waals surface area contributed by atoms with Crippen molar-refractivity contribution in [1.29, 1.82) is 0 Å². The van der Waals surface area contributed by atoms with Gasteiger partial charge in [0.25, 0.3) is 5.91 Å². The lowest BCUT2D eigenvalue weighted by atomic mass is 9.85. The molecule has 0 saturated heterocycles. The van der Waals surface area contributed by atoms with Gasteiger partial charge in [-0.15, -0.1) is 0 Å². The summed E-state index contributed by atoms with van der Waals surface area (Å²) in [6.07, 6.45) is 3.89. The first kappa shape index (κ1) is 18.2. The van der Waals surface area contributed by atoms with E-state index in [0.717, 1.165) is 52.3 Å². The Hall–Kier alpha value is -2.87. The van der Waals surface area contributed by atoms with Crippen LogP contribution in [0.2, 0.25) is 0 Å². The minimum Gasteiger partial charge on any atom is -0.351 e. The highest BCUT2D eigenvalue weighted by Crippen LogP contribution is 2.29. The second-order valence-electron chi connectivity index (χ2n) is 7.66. The van der Waals surface area contributed by atoms with Gasteiger partial charge in [-0.05, 0) is 25.0 Å². The van der Waals surface area contributed by atoms with Gasteiger partial charge in [0.2, 0.25) is 5.91 Å². The number of benzene rings is 1. The number of hydrogen-bond donors (Lipinski definition) is 3. The molecule has 1 fully saturated rings. The average molecular weight is 410 g/mol. The highest BCUT2D eigenvalue weighted by atomic mass is 32.1. The molecule has 0 atom stereocenters. The molecule has 7 nitrogen and oxygen atoms in total. The van der Waals surface area contributed by atoms with E-state index < -0.39 is 0 Å². The summed E-state index contributed by atoms with van der Waals surface area (Å²) in [7, 11) is 0. The lowest BCUT2D eigenvalue weighted by Gasteiger charge is -2.25. The van der Waals surface area contributed by atoms with Crippen LogP contribution in [-0.2, 0) is 17.8 Å². The fraction of sp³-hybridized carbons (Fsp3) is 0.381. The molecule has 3 aromatic rings. The fourth-order valence-electron chi connectivity index (χ4n) is 3.83. The van der Waals surface area contributed by atoms with Gasteiger partial charge in [0.15, 0.2) is 5.13 Å². The van der Waals surface area contributed by atoms with Crippen LogP contribution in [-0.4, -0.2) is 39.9 Å². The number of aromatic nitrogens is 2. The molecule has 0 unspecified atom stereocenters. The number of thiazole rings is 1. The summed E-state index contributed by atoms with van der Waals surface area (Å²) in [4.78, 5) is 35.7. The van der Waals surface area contributed by atoms with Crippen molar-refractivity contribution < 1.29 is 9.59 Å². The first-order chi connectivity index (χ1) is 14.2. The molecule has 3 heterocycles. The Kier molecular flexibility index (Phi) is 4.71. The third-order valence-corrected chi connectivity index (χ3v) is 6.80.